The molecule has 0 aliphatic heterocycles. The highest BCUT2D eigenvalue weighted by molar-refractivity contribution is 7.89. The summed E-state index contributed by atoms with van der Waals surface area (Å²) < 4.78 is 24.3. The Bertz CT molecular complexity index is 947. The Morgan fingerprint density at radius 2 is 1.19 bits per heavy atom. The standard InChI is InChI=1S/C8H6N2.C6H5Cl.C2N2O4S.ClH/c1-2-4-8-7(3-1)9-5-6-10-8;7-6-4-2-1-3-5-6;5-1-3-9(7,8)4-2-6;/h1-6H;1-5H;;1H. The molecule has 0 atom stereocenters. The number of carbonyl (C=O) groups excluding carboxylic acids is 2. The highest BCUT2D eigenvalue weighted by atomic mass is 35.5. The molecule has 0 unspecified atom stereocenters. The maximum absolute atomic E-state index is 9.97. The maximum Gasteiger partial charge on any atom is 0.383 e. The van der Waals surface area contributed by atoms with Crippen molar-refractivity contribution in [3.63, 3.8) is 0 Å². The van der Waals surface area contributed by atoms with E-state index in [9.17, 15) is 18.0 Å². The fourth-order valence-corrected chi connectivity index (χ4v) is 1.81. The molecule has 0 saturated carbocycles. The van der Waals surface area contributed by atoms with Crippen molar-refractivity contribution in [1.82, 2.24) is 9.97 Å². The number of aromatic nitrogens is 2. The van der Waals surface area contributed by atoms with Gasteiger partial charge in [0, 0.05) is 17.4 Å². The molecule has 0 bridgehead atoms. The molecule has 0 spiro atoms. The number of nitrogens with zero attached hydrogens (tertiary/aromatic N) is 4. The van der Waals surface area contributed by atoms with Gasteiger partial charge in [0.25, 0.3) is 12.2 Å². The molecular weight excluding hydrogens is 415 g/mol. The summed E-state index contributed by atoms with van der Waals surface area (Å²) >= 11 is 5.54. The largest absolute Gasteiger partial charge is 0.383 e. The van der Waals surface area contributed by atoms with E-state index < -0.39 is 10.2 Å². The molecule has 3 aromatic rings. The first-order chi connectivity index (χ1) is 12.5. The van der Waals surface area contributed by atoms with Crippen LogP contribution in [0.25, 0.3) is 11.0 Å². The van der Waals surface area contributed by atoms with Crippen LogP contribution in [0.4, 0.5) is 0 Å². The Morgan fingerprint density at radius 3 is 1.52 bits per heavy atom. The average Bonchev–Trinajstić information content (AvgIpc) is 2.63. The van der Waals surface area contributed by atoms with Crippen molar-refractivity contribution < 1.29 is 18.0 Å². The molecule has 2 aromatic carbocycles. The first-order valence-corrected chi connectivity index (χ1v) is 8.55. The summed E-state index contributed by atoms with van der Waals surface area (Å²) in [6.45, 7) is 0. The number of hydrogen-bond acceptors (Lipinski definition) is 6. The molecule has 27 heavy (non-hydrogen) atoms. The fourth-order valence-electron chi connectivity index (χ4n) is 1.44. The Labute approximate surface area is 166 Å². The number of rotatable bonds is 2. The number of benzene rings is 2. The normalized spacial score (nSPS) is 8.93. The summed E-state index contributed by atoms with van der Waals surface area (Å²) in [4.78, 5) is 26.7. The van der Waals surface area contributed by atoms with Crippen LogP contribution < -0.4 is 0 Å². The Morgan fingerprint density at radius 1 is 0.778 bits per heavy atom. The van der Waals surface area contributed by atoms with Crippen LogP contribution in [0, 0.1) is 0 Å². The van der Waals surface area contributed by atoms with E-state index >= 15 is 0 Å². The van der Waals surface area contributed by atoms with Gasteiger partial charge in [-0.25, -0.2) is 9.59 Å². The van der Waals surface area contributed by atoms with Crippen molar-refractivity contribution in [1.29, 1.82) is 0 Å². The zero-order valence-corrected chi connectivity index (χ0v) is 15.9. The second-order valence-corrected chi connectivity index (χ2v) is 5.85. The predicted octanol–water partition coefficient (Wildman–Crippen LogP) is 3.29. The molecule has 3 rings (SSSR count). The molecule has 0 fully saturated rings. The van der Waals surface area contributed by atoms with E-state index in [2.05, 4.69) is 18.8 Å². The van der Waals surface area contributed by atoms with Crippen LogP contribution in [0.2, 0.25) is 5.02 Å². The Balaban J connectivity index is 0.000000375. The third kappa shape index (κ3) is 10.6. The number of halogens is 2. The van der Waals surface area contributed by atoms with Crippen LogP contribution in [-0.2, 0) is 19.8 Å². The van der Waals surface area contributed by atoms with E-state index in [1.54, 1.807) is 12.4 Å². The van der Waals surface area contributed by atoms with Gasteiger partial charge in [-0.1, -0.05) is 50.7 Å². The second-order valence-electron chi connectivity index (χ2n) is 4.15. The zero-order valence-electron chi connectivity index (χ0n) is 13.5. The van der Waals surface area contributed by atoms with Gasteiger partial charge in [0.15, 0.2) is 0 Å². The predicted molar refractivity (Wildman–Crippen MR) is 103 cm³/mol. The van der Waals surface area contributed by atoms with Crippen molar-refractivity contribution in [3.05, 3.63) is 72.0 Å². The van der Waals surface area contributed by atoms with Crippen LogP contribution in [-0.4, -0.2) is 30.5 Å². The zero-order chi connectivity index (χ0) is 19.3. The fraction of sp³-hybridized carbons (Fsp3) is 0. The van der Waals surface area contributed by atoms with Gasteiger partial charge >= 0.3 is 10.2 Å². The number of hydrogen-bond donors (Lipinski definition) is 0. The summed E-state index contributed by atoms with van der Waals surface area (Å²) in [6.07, 6.45) is 4.81. The summed E-state index contributed by atoms with van der Waals surface area (Å²) in [5, 5.41) is 0.794. The van der Waals surface area contributed by atoms with Crippen molar-refractivity contribution >= 4 is 57.4 Å². The molecule has 0 aliphatic rings. The first-order valence-electron chi connectivity index (χ1n) is 6.78. The molecule has 1 aromatic heterocycles. The molecule has 0 amide bonds. The number of isocyanates is 2. The van der Waals surface area contributed by atoms with Gasteiger partial charge in [0.2, 0.25) is 0 Å². The van der Waals surface area contributed by atoms with Gasteiger partial charge in [-0.2, -0.15) is 8.42 Å². The molecule has 0 saturated heterocycles. The smallest absolute Gasteiger partial charge is 0.253 e. The van der Waals surface area contributed by atoms with E-state index in [4.69, 9.17) is 11.6 Å². The first kappa shape index (κ1) is 24.1. The van der Waals surface area contributed by atoms with Crippen molar-refractivity contribution in [2.45, 2.75) is 0 Å². The SMILES string of the molecule is Cl.Clc1ccccc1.O=C=NS(=O)(=O)N=C=O.c1ccc2nccnc2c1. The van der Waals surface area contributed by atoms with Crippen molar-refractivity contribution in [2.24, 2.45) is 8.80 Å². The van der Waals surface area contributed by atoms with E-state index in [-0.39, 0.29) is 12.4 Å². The molecular formula is C16H12Cl2N4O4S. The molecule has 140 valence electrons. The Hall–Kier alpha value is -2.93. The highest BCUT2D eigenvalue weighted by Crippen LogP contribution is 2.04. The minimum atomic E-state index is -4.28. The third-order valence-corrected chi connectivity index (χ3v) is 3.28. The quantitative estimate of drug-likeness (QED) is 0.457. The van der Waals surface area contributed by atoms with Gasteiger partial charge in [-0.15, -0.1) is 12.4 Å². The topological polar surface area (TPSA) is 119 Å². The van der Waals surface area contributed by atoms with E-state index in [1.165, 1.54) is 0 Å². The highest BCUT2D eigenvalue weighted by Gasteiger charge is 2.00. The minimum Gasteiger partial charge on any atom is -0.253 e. The van der Waals surface area contributed by atoms with Gasteiger partial charge in [-0.3, -0.25) is 9.97 Å². The molecule has 11 heteroatoms. The van der Waals surface area contributed by atoms with Gasteiger partial charge < -0.3 is 0 Å². The average molecular weight is 427 g/mol. The monoisotopic (exact) mass is 426 g/mol. The number of para-hydroxylation sites is 2. The molecule has 0 N–H and O–H groups in total. The van der Waals surface area contributed by atoms with Gasteiger partial charge in [-0.05, 0) is 24.3 Å². The lowest BCUT2D eigenvalue weighted by atomic mass is 10.3. The van der Waals surface area contributed by atoms with Gasteiger partial charge in [0.05, 0.1) is 11.0 Å². The Kier molecular flexibility index (Phi) is 11.9. The van der Waals surface area contributed by atoms with E-state index in [0.29, 0.717) is 12.2 Å². The lowest BCUT2D eigenvalue weighted by Crippen LogP contribution is -1.86. The summed E-state index contributed by atoms with van der Waals surface area (Å²) in [5.41, 5.74) is 1.90. The summed E-state index contributed by atoms with van der Waals surface area (Å²) in [6, 6.07) is 17.2. The summed E-state index contributed by atoms with van der Waals surface area (Å²) in [5.74, 6) is 0. The molecule has 1 heterocycles. The van der Waals surface area contributed by atoms with Crippen molar-refractivity contribution in [3.8, 4) is 0 Å². The third-order valence-electron chi connectivity index (χ3n) is 2.41. The van der Waals surface area contributed by atoms with Crippen LogP contribution in [0.15, 0.2) is 75.8 Å². The summed E-state index contributed by atoms with van der Waals surface area (Å²) in [7, 11) is -4.28. The minimum absolute atomic E-state index is 0. The van der Waals surface area contributed by atoms with Crippen LogP contribution in [0.3, 0.4) is 0 Å². The maximum atomic E-state index is 9.97. The number of fused-ring (bicyclic) bond motifs is 1. The van der Waals surface area contributed by atoms with Crippen molar-refractivity contribution in [2.75, 3.05) is 0 Å². The van der Waals surface area contributed by atoms with E-state index in [0.717, 1.165) is 16.1 Å². The lowest BCUT2D eigenvalue weighted by molar-refractivity contribution is 0.561. The molecule has 0 radical (unpaired) electrons. The van der Waals surface area contributed by atoms with Gasteiger partial charge in [0.1, 0.15) is 0 Å². The van der Waals surface area contributed by atoms with Crippen LogP contribution in [0.5, 0.6) is 0 Å². The lowest BCUT2D eigenvalue weighted by Gasteiger charge is -1.90. The molecule has 0 aliphatic carbocycles. The van der Waals surface area contributed by atoms with Crippen LogP contribution in [0.1, 0.15) is 0 Å². The van der Waals surface area contributed by atoms with Crippen LogP contribution >= 0.6 is 24.0 Å². The molecule has 8 nitrogen and oxygen atoms in total. The van der Waals surface area contributed by atoms with E-state index in [1.807, 2.05) is 54.6 Å². The second kappa shape index (κ2) is 13.3.